The normalized spacial score (nSPS) is 16.6. The Hall–Kier alpha value is -2.09. The molecule has 0 radical (unpaired) electrons. The fourth-order valence-electron chi connectivity index (χ4n) is 3.33. The third kappa shape index (κ3) is 5.72. The van der Waals surface area contributed by atoms with Gasteiger partial charge in [0.25, 0.3) is 0 Å². The van der Waals surface area contributed by atoms with Crippen LogP contribution in [0.2, 0.25) is 5.02 Å². The van der Waals surface area contributed by atoms with Gasteiger partial charge in [-0.25, -0.2) is 0 Å². The Balaban J connectivity index is 1.56. The first kappa shape index (κ1) is 21.6. The number of anilines is 1. The number of alkyl halides is 3. The van der Waals surface area contributed by atoms with E-state index in [0.717, 1.165) is 24.0 Å². The molecule has 2 aromatic rings. The number of aldehydes is 1. The lowest BCUT2D eigenvalue weighted by atomic mass is 10.1. The molecule has 0 aromatic heterocycles. The van der Waals surface area contributed by atoms with E-state index in [2.05, 4.69) is 0 Å². The van der Waals surface area contributed by atoms with E-state index in [0.29, 0.717) is 38.5 Å². The maximum Gasteiger partial charge on any atom is 0.416 e. The Morgan fingerprint density at radius 3 is 2.38 bits per heavy atom. The number of hydrogen-bond donors (Lipinski definition) is 0. The first-order chi connectivity index (χ1) is 13.9. The van der Waals surface area contributed by atoms with Crippen molar-refractivity contribution in [2.24, 2.45) is 0 Å². The smallest absolute Gasteiger partial charge is 0.375 e. The van der Waals surface area contributed by atoms with Crippen molar-refractivity contribution >= 4 is 23.6 Å². The predicted molar refractivity (Wildman–Crippen MR) is 106 cm³/mol. The average molecular weight is 427 g/mol. The summed E-state index contributed by atoms with van der Waals surface area (Å²) in [6.07, 6.45) is -3.56. The monoisotopic (exact) mass is 426 g/mol. The lowest BCUT2D eigenvalue weighted by molar-refractivity contribution is -0.137. The van der Waals surface area contributed by atoms with Gasteiger partial charge in [0.2, 0.25) is 0 Å². The van der Waals surface area contributed by atoms with E-state index in [9.17, 15) is 18.0 Å². The molecular weight excluding hydrogens is 405 g/mol. The fourth-order valence-corrected chi connectivity index (χ4v) is 3.57. The number of hydrogen-bond acceptors (Lipinski definition) is 4. The molecule has 1 saturated heterocycles. The number of nitrogens with zero attached hydrogens (tertiary/aromatic N) is 2. The van der Waals surface area contributed by atoms with Crippen LogP contribution in [0.3, 0.4) is 0 Å². The van der Waals surface area contributed by atoms with Crippen LogP contribution in [0.25, 0.3) is 0 Å². The summed E-state index contributed by atoms with van der Waals surface area (Å²) in [7, 11) is 0. The lowest BCUT2D eigenvalue weighted by Gasteiger charge is -2.38. The van der Waals surface area contributed by atoms with Gasteiger partial charge in [0.1, 0.15) is 6.29 Å². The SMILES string of the molecule is O=CC(COCc1ccccc1)N1CCN(c2cc(C(F)(F)F)ccc2Cl)CC1. The van der Waals surface area contributed by atoms with Gasteiger partial charge in [-0.05, 0) is 23.8 Å². The summed E-state index contributed by atoms with van der Waals surface area (Å²) < 4.78 is 44.7. The van der Waals surface area contributed by atoms with Gasteiger partial charge >= 0.3 is 6.18 Å². The molecule has 1 heterocycles. The molecule has 1 aliphatic heterocycles. The van der Waals surface area contributed by atoms with Gasteiger partial charge in [-0.15, -0.1) is 0 Å². The van der Waals surface area contributed by atoms with Crippen molar-refractivity contribution in [2.45, 2.75) is 18.8 Å². The van der Waals surface area contributed by atoms with E-state index in [1.54, 1.807) is 0 Å². The zero-order chi connectivity index (χ0) is 20.9. The molecule has 1 aliphatic rings. The molecule has 0 spiro atoms. The van der Waals surface area contributed by atoms with Crippen LogP contribution in [0.4, 0.5) is 18.9 Å². The number of carbonyl (C=O) groups is 1. The minimum absolute atomic E-state index is 0.267. The van der Waals surface area contributed by atoms with E-state index >= 15 is 0 Å². The third-order valence-corrected chi connectivity index (χ3v) is 5.27. The van der Waals surface area contributed by atoms with Gasteiger partial charge in [-0.1, -0.05) is 41.9 Å². The molecule has 2 aromatic carbocycles. The van der Waals surface area contributed by atoms with Crippen molar-refractivity contribution in [1.82, 2.24) is 4.90 Å². The zero-order valence-electron chi connectivity index (χ0n) is 15.7. The van der Waals surface area contributed by atoms with Crippen LogP contribution in [0.15, 0.2) is 48.5 Å². The molecule has 8 heteroatoms. The van der Waals surface area contributed by atoms with E-state index in [1.807, 2.05) is 40.1 Å². The molecule has 0 N–H and O–H groups in total. The number of benzene rings is 2. The van der Waals surface area contributed by atoms with E-state index in [4.69, 9.17) is 16.3 Å². The number of halogens is 4. The Bertz CT molecular complexity index is 809. The van der Waals surface area contributed by atoms with E-state index < -0.39 is 17.8 Å². The molecule has 3 rings (SSSR count). The summed E-state index contributed by atoms with van der Waals surface area (Å²) in [5.41, 5.74) is 0.671. The highest BCUT2D eigenvalue weighted by Crippen LogP contribution is 2.35. The molecule has 4 nitrogen and oxygen atoms in total. The highest BCUT2D eigenvalue weighted by Gasteiger charge is 2.32. The maximum atomic E-state index is 13.0. The molecule has 29 heavy (non-hydrogen) atoms. The molecule has 0 bridgehead atoms. The van der Waals surface area contributed by atoms with Crippen molar-refractivity contribution < 1.29 is 22.7 Å². The number of rotatable bonds is 7. The molecule has 1 atom stereocenters. The molecule has 156 valence electrons. The average Bonchev–Trinajstić information content (AvgIpc) is 2.72. The first-order valence-corrected chi connectivity index (χ1v) is 9.69. The zero-order valence-corrected chi connectivity index (χ0v) is 16.5. The first-order valence-electron chi connectivity index (χ1n) is 9.31. The van der Waals surface area contributed by atoms with Gasteiger partial charge in [0.15, 0.2) is 0 Å². The molecule has 0 amide bonds. The number of piperazine rings is 1. The van der Waals surface area contributed by atoms with Crippen LogP contribution in [-0.4, -0.2) is 50.0 Å². The Morgan fingerprint density at radius 1 is 1.07 bits per heavy atom. The fraction of sp³-hybridized carbons (Fsp3) is 0.381. The summed E-state index contributed by atoms with van der Waals surface area (Å²) >= 11 is 6.13. The second-order valence-electron chi connectivity index (χ2n) is 6.89. The van der Waals surface area contributed by atoms with Crippen LogP contribution >= 0.6 is 11.6 Å². The second kappa shape index (κ2) is 9.61. The van der Waals surface area contributed by atoms with Gasteiger partial charge < -0.3 is 14.4 Å². The topological polar surface area (TPSA) is 32.8 Å². The van der Waals surface area contributed by atoms with Crippen LogP contribution in [0, 0.1) is 0 Å². The summed E-state index contributed by atoms with van der Waals surface area (Å²) in [6.45, 7) is 2.71. The Kier molecular flexibility index (Phi) is 7.16. The minimum Gasteiger partial charge on any atom is -0.375 e. The maximum absolute atomic E-state index is 13.0. The Labute approximate surface area is 172 Å². The molecular formula is C21H22ClF3N2O2. The molecule has 0 saturated carbocycles. The minimum atomic E-state index is -4.42. The van der Waals surface area contributed by atoms with Crippen LogP contribution in [-0.2, 0) is 22.3 Å². The largest absolute Gasteiger partial charge is 0.416 e. The molecule has 1 fully saturated rings. The summed E-state index contributed by atoms with van der Waals surface area (Å²) in [5, 5.41) is 0.282. The van der Waals surface area contributed by atoms with Gasteiger partial charge in [-0.2, -0.15) is 13.2 Å². The summed E-state index contributed by atoms with van der Waals surface area (Å²) in [4.78, 5) is 15.3. The third-order valence-electron chi connectivity index (χ3n) is 4.95. The van der Waals surface area contributed by atoms with Gasteiger partial charge in [-0.3, -0.25) is 4.90 Å². The number of carbonyl (C=O) groups excluding carboxylic acids is 1. The van der Waals surface area contributed by atoms with Gasteiger partial charge in [0.05, 0.1) is 35.5 Å². The number of ether oxygens (including phenoxy) is 1. The highest BCUT2D eigenvalue weighted by molar-refractivity contribution is 6.33. The lowest BCUT2D eigenvalue weighted by Crippen LogP contribution is -2.52. The highest BCUT2D eigenvalue weighted by atomic mass is 35.5. The van der Waals surface area contributed by atoms with Gasteiger partial charge in [0, 0.05) is 26.2 Å². The van der Waals surface area contributed by atoms with Crippen molar-refractivity contribution in [1.29, 1.82) is 0 Å². The Morgan fingerprint density at radius 2 is 1.76 bits per heavy atom. The van der Waals surface area contributed by atoms with Crippen LogP contribution < -0.4 is 4.90 Å². The van der Waals surface area contributed by atoms with E-state index in [-0.39, 0.29) is 11.6 Å². The van der Waals surface area contributed by atoms with Crippen molar-refractivity contribution in [3.05, 3.63) is 64.7 Å². The van der Waals surface area contributed by atoms with Crippen molar-refractivity contribution in [2.75, 3.05) is 37.7 Å². The predicted octanol–water partition coefficient (Wildman–Crippen LogP) is 4.27. The second-order valence-corrected chi connectivity index (χ2v) is 7.30. The quantitative estimate of drug-likeness (QED) is 0.619. The van der Waals surface area contributed by atoms with Crippen LogP contribution in [0.1, 0.15) is 11.1 Å². The summed E-state index contributed by atoms with van der Waals surface area (Å²) in [6, 6.07) is 12.6. The van der Waals surface area contributed by atoms with Crippen molar-refractivity contribution in [3.63, 3.8) is 0 Å². The van der Waals surface area contributed by atoms with Crippen LogP contribution in [0.5, 0.6) is 0 Å². The van der Waals surface area contributed by atoms with E-state index in [1.165, 1.54) is 6.07 Å². The van der Waals surface area contributed by atoms with Crippen molar-refractivity contribution in [3.8, 4) is 0 Å². The molecule has 0 aliphatic carbocycles. The summed E-state index contributed by atoms with van der Waals surface area (Å²) in [5.74, 6) is 0. The standard InChI is InChI=1S/C21H22ClF3N2O2/c22-19-7-6-17(21(23,24)25)12-20(19)27-10-8-26(9-11-27)18(13-28)15-29-14-16-4-2-1-3-5-16/h1-7,12-13,18H,8-11,14-15H2. The molecule has 1 unspecified atom stereocenters.